The highest BCUT2D eigenvalue weighted by Gasteiger charge is 2.31. The van der Waals surface area contributed by atoms with E-state index in [1.807, 2.05) is 24.8 Å². The van der Waals surface area contributed by atoms with Crippen molar-refractivity contribution in [2.45, 2.75) is 33.2 Å². The van der Waals surface area contributed by atoms with Crippen LogP contribution in [0.5, 0.6) is 0 Å². The van der Waals surface area contributed by atoms with Gasteiger partial charge in [0.15, 0.2) is 5.76 Å². The Morgan fingerprint density at radius 3 is 2.65 bits per heavy atom. The van der Waals surface area contributed by atoms with Gasteiger partial charge in [-0.1, -0.05) is 31.2 Å². The zero-order chi connectivity index (χ0) is 16.4. The number of piperazine rings is 1. The molecule has 2 aromatic rings. The van der Waals surface area contributed by atoms with Gasteiger partial charge in [-0.15, -0.1) is 0 Å². The molecule has 0 spiro atoms. The molecule has 1 atom stereocenters. The predicted molar refractivity (Wildman–Crippen MR) is 90.6 cm³/mol. The van der Waals surface area contributed by atoms with Gasteiger partial charge in [0.1, 0.15) is 5.76 Å². The van der Waals surface area contributed by atoms with Gasteiger partial charge in [-0.05, 0) is 37.5 Å². The maximum absolute atomic E-state index is 12.9. The summed E-state index contributed by atoms with van der Waals surface area (Å²) in [5, 5.41) is 3.39. The molecule has 0 radical (unpaired) electrons. The summed E-state index contributed by atoms with van der Waals surface area (Å²) < 4.78 is 5.64. The molecule has 1 saturated heterocycles. The molecule has 1 N–H and O–H groups in total. The second-order valence-corrected chi connectivity index (χ2v) is 6.18. The van der Waals surface area contributed by atoms with Crippen molar-refractivity contribution in [2.75, 3.05) is 19.6 Å². The van der Waals surface area contributed by atoms with Gasteiger partial charge >= 0.3 is 0 Å². The first-order chi connectivity index (χ1) is 11.1. The molecule has 1 aliphatic rings. The number of amides is 1. The molecular formula is C19H24N2O2. The summed E-state index contributed by atoms with van der Waals surface area (Å²) in [6.07, 6.45) is 1.02. The Balaban J connectivity index is 1.88. The highest BCUT2D eigenvalue weighted by molar-refractivity contribution is 5.93. The maximum Gasteiger partial charge on any atom is 0.290 e. The van der Waals surface area contributed by atoms with Crippen molar-refractivity contribution in [1.82, 2.24) is 10.2 Å². The van der Waals surface area contributed by atoms with E-state index in [2.05, 4.69) is 36.5 Å². The van der Waals surface area contributed by atoms with E-state index in [1.54, 1.807) is 0 Å². The van der Waals surface area contributed by atoms with Gasteiger partial charge in [0, 0.05) is 25.2 Å². The summed E-state index contributed by atoms with van der Waals surface area (Å²) in [6.45, 7) is 8.23. The largest absolute Gasteiger partial charge is 0.456 e. The Morgan fingerprint density at radius 1 is 1.30 bits per heavy atom. The van der Waals surface area contributed by atoms with E-state index in [-0.39, 0.29) is 11.9 Å². The van der Waals surface area contributed by atoms with E-state index in [1.165, 1.54) is 11.1 Å². The molecule has 0 bridgehead atoms. The number of furan rings is 1. The first-order valence-corrected chi connectivity index (χ1v) is 8.27. The summed E-state index contributed by atoms with van der Waals surface area (Å²) >= 11 is 0. The lowest BCUT2D eigenvalue weighted by atomic mass is 10.0. The molecule has 4 heteroatoms. The molecule has 2 heterocycles. The van der Waals surface area contributed by atoms with Crippen LogP contribution in [0, 0.1) is 13.8 Å². The van der Waals surface area contributed by atoms with Gasteiger partial charge in [-0.3, -0.25) is 4.79 Å². The Kier molecular flexibility index (Phi) is 4.53. The Labute approximate surface area is 137 Å². The van der Waals surface area contributed by atoms with Gasteiger partial charge in [0.05, 0.1) is 6.04 Å². The zero-order valence-corrected chi connectivity index (χ0v) is 14.1. The topological polar surface area (TPSA) is 45.5 Å². The number of rotatable bonds is 3. The lowest BCUT2D eigenvalue weighted by Gasteiger charge is -2.36. The van der Waals surface area contributed by atoms with Crippen LogP contribution < -0.4 is 5.32 Å². The summed E-state index contributed by atoms with van der Waals surface area (Å²) in [5.74, 6) is 1.24. The highest BCUT2D eigenvalue weighted by Crippen LogP contribution is 2.26. The van der Waals surface area contributed by atoms with Gasteiger partial charge < -0.3 is 14.6 Å². The third kappa shape index (κ3) is 3.17. The zero-order valence-electron chi connectivity index (χ0n) is 14.1. The Hall–Kier alpha value is -2.07. The van der Waals surface area contributed by atoms with Crippen LogP contribution in [0.1, 0.15) is 46.0 Å². The highest BCUT2D eigenvalue weighted by atomic mass is 16.4. The SMILES string of the molecule is CCc1ccc(C2CNCCN2C(=O)c2oc(C)cc2C)cc1. The van der Waals surface area contributed by atoms with Crippen LogP contribution in [0.25, 0.3) is 0 Å². The van der Waals surface area contributed by atoms with E-state index in [0.29, 0.717) is 12.3 Å². The lowest BCUT2D eigenvalue weighted by molar-refractivity contribution is 0.0599. The number of carbonyl (C=O) groups is 1. The third-order valence-electron chi connectivity index (χ3n) is 4.51. The van der Waals surface area contributed by atoms with Crippen molar-refractivity contribution < 1.29 is 9.21 Å². The summed E-state index contributed by atoms with van der Waals surface area (Å²) in [4.78, 5) is 14.9. The fourth-order valence-corrected chi connectivity index (χ4v) is 3.20. The number of benzene rings is 1. The van der Waals surface area contributed by atoms with E-state index in [9.17, 15) is 4.79 Å². The molecule has 0 saturated carbocycles. The van der Waals surface area contributed by atoms with Crippen molar-refractivity contribution in [3.8, 4) is 0 Å². The fraction of sp³-hybridized carbons (Fsp3) is 0.421. The monoisotopic (exact) mass is 312 g/mol. The van der Waals surface area contributed by atoms with E-state index < -0.39 is 0 Å². The second-order valence-electron chi connectivity index (χ2n) is 6.18. The van der Waals surface area contributed by atoms with Crippen LogP contribution in [-0.4, -0.2) is 30.4 Å². The van der Waals surface area contributed by atoms with Crippen molar-refractivity contribution >= 4 is 5.91 Å². The minimum atomic E-state index is -0.0123. The second kappa shape index (κ2) is 6.59. The van der Waals surface area contributed by atoms with Crippen molar-refractivity contribution in [3.63, 3.8) is 0 Å². The molecule has 0 aliphatic carbocycles. The number of nitrogens with one attached hydrogen (secondary N) is 1. The van der Waals surface area contributed by atoms with Crippen LogP contribution >= 0.6 is 0 Å². The summed E-state index contributed by atoms with van der Waals surface area (Å²) in [7, 11) is 0. The average molecular weight is 312 g/mol. The minimum Gasteiger partial charge on any atom is -0.456 e. The number of hydrogen-bond donors (Lipinski definition) is 1. The van der Waals surface area contributed by atoms with Gasteiger partial charge in [-0.2, -0.15) is 0 Å². The standard InChI is InChI=1S/C19H24N2O2/c1-4-15-5-7-16(8-6-15)17-12-20-9-10-21(17)19(22)18-13(2)11-14(3)23-18/h5-8,11,17,20H,4,9-10,12H2,1-3H3. The number of aryl methyl sites for hydroxylation is 3. The number of carbonyl (C=O) groups excluding carboxylic acids is 1. The number of hydrogen-bond acceptors (Lipinski definition) is 3. The molecule has 1 aromatic carbocycles. The van der Waals surface area contributed by atoms with Crippen LogP contribution in [0.4, 0.5) is 0 Å². The Morgan fingerprint density at radius 2 is 2.04 bits per heavy atom. The normalized spacial score (nSPS) is 18.2. The minimum absolute atomic E-state index is 0.0123. The maximum atomic E-state index is 12.9. The van der Waals surface area contributed by atoms with Crippen molar-refractivity contribution in [2.24, 2.45) is 0 Å². The van der Waals surface area contributed by atoms with Gasteiger partial charge in [0.25, 0.3) is 5.91 Å². The third-order valence-corrected chi connectivity index (χ3v) is 4.51. The molecule has 1 fully saturated rings. The smallest absolute Gasteiger partial charge is 0.290 e. The summed E-state index contributed by atoms with van der Waals surface area (Å²) in [6, 6.07) is 10.5. The van der Waals surface area contributed by atoms with Crippen molar-refractivity contribution in [3.05, 3.63) is 58.5 Å². The van der Waals surface area contributed by atoms with Gasteiger partial charge in [-0.25, -0.2) is 0 Å². The molecule has 1 unspecified atom stereocenters. The van der Waals surface area contributed by atoms with E-state index >= 15 is 0 Å². The summed E-state index contributed by atoms with van der Waals surface area (Å²) in [5.41, 5.74) is 3.39. The predicted octanol–water partition coefficient (Wildman–Crippen LogP) is 3.25. The van der Waals surface area contributed by atoms with Crippen LogP contribution in [0.3, 0.4) is 0 Å². The molecule has 122 valence electrons. The first kappa shape index (κ1) is 15.8. The molecule has 1 aliphatic heterocycles. The quantitative estimate of drug-likeness (QED) is 0.946. The van der Waals surface area contributed by atoms with Crippen molar-refractivity contribution in [1.29, 1.82) is 0 Å². The van der Waals surface area contributed by atoms with Crippen LogP contribution in [0.2, 0.25) is 0 Å². The average Bonchev–Trinajstić information content (AvgIpc) is 2.92. The number of nitrogens with zero attached hydrogens (tertiary/aromatic N) is 1. The molecular weight excluding hydrogens is 288 g/mol. The van der Waals surface area contributed by atoms with E-state index in [4.69, 9.17) is 4.42 Å². The fourth-order valence-electron chi connectivity index (χ4n) is 3.20. The molecule has 3 rings (SSSR count). The molecule has 1 aromatic heterocycles. The first-order valence-electron chi connectivity index (χ1n) is 8.27. The molecule has 1 amide bonds. The molecule has 23 heavy (non-hydrogen) atoms. The van der Waals surface area contributed by atoms with Gasteiger partial charge in [0.2, 0.25) is 0 Å². The van der Waals surface area contributed by atoms with Crippen LogP contribution in [0.15, 0.2) is 34.7 Å². The Bertz CT molecular complexity index is 688. The van der Waals surface area contributed by atoms with E-state index in [0.717, 1.165) is 30.8 Å². The van der Waals surface area contributed by atoms with Crippen LogP contribution in [-0.2, 0) is 6.42 Å². The molecule has 4 nitrogen and oxygen atoms in total. The lowest BCUT2D eigenvalue weighted by Crippen LogP contribution is -2.48.